The molecule has 0 aliphatic rings. The van der Waals surface area contributed by atoms with E-state index in [4.69, 9.17) is 4.74 Å². The molecule has 2 nitrogen and oxygen atoms in total. The average Bonchev–Trinajstić information content (AvgIpc) is 2.14. The van der Waals surface area contributed by atoms with Crippen LogP contribution in [0.5, 0.6) is 5.75 Å². The van der Waals surface area contributed by atoms with Gasteiger partial charge in [-0.2, -0.15) is 0 Å². The summed E-state index contributed by atoms with van der Waals surface area (Å²) in [5.41, 5.74) is 2.31. The number of benzene rings is 1. The van der Waals surface area contributed by atoms with E-state index in [0.29, 0.717) is 0 Å². The summed E-state index contributed by atoms with van der Waals surface area (Å²) in [5.74, 6) is 0.889. The summed E-state index contributed by atoms with van der Waals surface area (Å²) >= 11 is 0. The smallest absolute Gasteiger partial charge is 0.119 e. The van der Waals surface area contributed by atoms with Gasteiger partial charge in [0.2, 0.25) is 0 Å². The fraction of sp³-hybridized carbons (Fsp3) is 0.462. The van der Waals surface area contributed by atoms with Gasteiger partial charge in [0, 0.05) is 6.21 Å². The molecular weight excluding hydrogens is 186 g/mol. The third-order valence-electron chi connectivity index (χ3n) is 2.07. The summed E-state index contributed by atoms with van der Waals surface area (Å²) in [5, 5.41) is 0. The maximum atomic E-state index is 5.15. The molecule has 0 unspecified atom stereocenters. The lowest BCUT2D eigenvalue weighted by Gasteiger charge is -2.11. The molecule has 0 radical (unpaired) electrons. The maximum absolute atomic E-state index is 5.15. The molecule has 0 saturated carbocycles. The largest absolute Gasteiger partial charge is 0.497 e. The molecule has 0 heterocycles. The number of aryl methyl sites for hydroxylation is 1. The van der Waals surface area contributed by atoms with E-state index >= 15 is 0 Å². The summed E-state index contributed by atoms with van der Waals surface area (Å²) in [6, 6.07) is 6.00. The van der Waals surface area contributed by atoms with Gasteiger partial charge in [-0.3, -0.25) is 4.99 Å². The Morgan fingerprint density at radius 3 is 2.40 bits per heavy atom. The molecule has 0 aliphatic carbocycles. The minimum Gasteiger partial charge on any atom is -0.497 e. The number of hydrogen-bond acceptors (Lipinski definition) is 2. The zero-order valence-corrected chi connectivity index (χ0v) is 10.2. The van der Waals surface area contributed by atoms with Gasteiger partial charge in [-0.05, 0) is 57.0 Å². The minimum atomic E-state index is -0.0215. The van der Waals surface area contributed by atoms with Crippen LogP contribution in [0.1, 0.15) is 31.9 Å². The Kier molecular flexibility index (Phi) is 3.51. The molecule has 2 heteroatoms. The Balaban J connectivity index is 2.92. The lowest BCUT2D eigenvalue weighted by Crippen LogP contribution is -2.09. The molecule has 82 valence electrons. The van der Waals surface area contributed by atoms with E-state index in [1.54, 1.807) is 7.11 Å². The number of ether oxygens (including phenoxy) is 1. The summed E-state index contributed by atoms with van der Waals surface area (Å²) < 4.78 is 5.15. The van der Waals surface area contributed by atoms with Gasteiger partial charge in [0.1, 0.15) is 5.75 Å². The van der Waals surface area contributed by atoms with E-state index in [1.807, 2.05) is 24.4 Å². The van der Waals surface area contributed by atoms with Crippen LogP contribution in [0.15, 0.2) is 23.2 Å². The highest BCUT2D eigenvalue weighted by molar-refractivity contribution is 5.82. The Labute approximate surface area is 92.0 Å². The Morgan fingerprint density at radius 2 is 1.93 bits per heavy atom. The minimum absolute atomic E-state index is 0.0215. The number of nitrogens with zero attached hydrogens (tertiary/aromatic N) is 1. The Bertz CT molecular complexity index is 361. The second kappa shape index (κ2) is 4.47. The van der Waals surface area contributed by atoms with Crippen LogP contribution in [0.25, 0.3) is 0 Å². The third-order valence-corrected chi connectivity index (χ3v) is 2.07. The van der Waals surface area contributed by atoms with E-state index in [0.717, 1.165) is 11.3 Å². The maximum Gasteiger partial charge on any atom is 0.119 e. The van der Waals surface area contributed by atoms with Crippen LogP contribution in [0.4, 0.5) is 0 Å². The molecule has 1 aromatic rings. The van der Waals surface area contributed by atoms with Crippen molar-refractivity contribution >= 4 is 6.21 Å². The Morgan fingerprint density at radius 1 is 1.27 bits per heavy atom. The molecule has 0 aliphatic heterocycles. The molecule has 0 bridgehead atoms. The lowest BCUT2D eigenvalue weighted by atomic mass is 10.1. The van der Waals surface area contributed by atoms with Crippen LogP contribution in [0, 0.1) is 6.92 Å². The van der Waals surface area contributed by atoms with Gasteiger partial charge < -0.3 is 4.74 Å². The standard InChI is InChI=1S/C13H19NO/c1-10-8-12(15-5)7-6-11(10)9-14-13(2,3)4/h6-9H,1-5H3/b14-9+. The molecule has 0 fully saturated rings. The quantitative estimate of drug-likeness (QED) is 0.679. The highest BCUT2D eigenvalue weighted by atomic mass is 16.5. The normalized spacial score (nSPS) is 12.1. The molecule has 1 rings (SSSR count). The fourth-order valence-electron chi connectivity index (χ4n) is 1.18. The highest BCUT2D eigenvalue weighted by Gasteiger charge is 2.05. The molecule has 15 heavy (non-hydrogen) atoms. The molecule has 0 saturated heterocycles. The van der Waals surface area contributed by atoms with E-state index in [1.165, 1.54) is 5.56 Å². The summed E-state index contributed by atoms with van der Waals surface area (Å²) in [4.78, 5) is 4.48. The number of hydrogen-bond donors (Lipinski definition) is 0. The first-order valence-electron chi connectivity index (χ1n) is 5.12. The predicted molar refractivity (Wildman–Crippen MR) is 65.1 cm³/mol. The Hall–Kier alpha value is -1.31. The van der Waals surface area contributed by atoms with Crippen LogP contribution in [-0.4, -0.2) is 18.9 Å². The van der Waals surface area contributed by atoms with Crippen molar-refractivity contribution in [3.05, 3.63) is 29.3 Å². The van der Waals surface area contributed by atoms with E-state index in [2.05, 4.69) is 32.7 Å². The van der Waals surface area contributed by atoms with E-state index < -0.39 is 0 Å². The van der Waals surface area contributed by atoms with Crippen molar-refractivity contribution in [1.82, 2.24) is 0 Å². The first-order chi connectivity index (χ1) is 6.92. The SMILES string of the molecule is COc1ccc(/C=N/C(C)(C)C)c(C)c1. The van der Waals surface area contributed by atoms with Crippen molar-refractivity contribution in [3.63, 3.8) is 0 Å². The number of methoxy groups -OCH3 is 1. The monoisotopic (exact) mass is 205 g/mol. The van der Waals surface area contributed by atoms with Crippen LogP contribution in [0.2, 0.25) is 0 Å². The summed E-state index contributed by atoms with van der Waals surface area (Å²) in [6.45, 7) is 8.32. The van der Waals surface area contributed by atoms with Crippen LogP contribution in [0.3, 0.4) is 0 Å². The fourth-order valence-corrected chi connectivity index (χ4v) is 1.18. The second-order valence-corrected chi connectivity index (χ2v) is 4.65. The zero-order chi connectivity index (χ0) is 11.5. The van der Waals surface area contributed by atoms with Gasteiger partial charge in [0.25, 0.3) is 0 Å². The predicted octanol–water partition coefficient (Wildman–Crippen LogP) is 3.22. The van der Waals surface area contributed by atoms with Crippen LogP contribution >= 0.6 is 0 Å². The van der Waals surface area contributed by atoms with Crippen molar-refractivity contribution in [3.8, 4) is 5.75 Å². The van der Waals surface area contributed by atoms with Gasteiger partial charge in [0.15, 0.2) is 0 Å². The van der Waals surface area contributed by atoms with Crippen LogP contribution in [-0.2, 0) is 0 Å². The second-order valence-electron chi connectivity index (χ2n) is 4.65. The van der Waals surface area contributed by atoms with Gasteiger partial charge in [0.05, 0.1) is 12.6 Å². The first-order valence-corrected chi connectivity index (χ1v) is 5.12. The number of aliphatic imine (C=N–C) groups is 1. The van der Waals surface area contributed by atoms with Gasteiger partial charge in [-0.1, -0.05) is 0 Å². The highest BCUT2D eigenvalue weighted by Crippen LogP contribution is 2.16. The molecule has 1 aromatic carbocycles. The van der Waals surface area contributed by atoms with Gasteiger partial charge in [-0.15, -0.1) is 0 Å². The molecule has 0 atom stereocenters. The van der Waals surface area contributed by atoms with Crippen molar-refractivity contribution in [2.24, 2.45) is 4.99 Å². The lowest BCUT2D eigenvalue weighted by molar-refractivity contribution is 0.414. The number of rotatable bonds is 2. The van der Waals surface area contributed by atoms with Crippen molar-refractivity contribution in [2.45, 2.75) is 33.2 Å². The average molecular weight is 205 g/mol. The molecule has 0 amide bonds. The first kappa shape index (κ1) is 11.8. The van der Waals surface area contributed by atoms with Crippen molar-refractivity contribution < 1.29 is 4.74 Å². The summed E-state index contributed by atoms with van der Waals surface area (Å²) in [7, 11) is 1.68. The topological polar surface area (TPSA) is 21.6 Å². The zero-order valence-electron chi connectivity index (χ0n) is 10.2. The van der Waals surface area contributed by atoms with E-state index in [-0.39, 0.29) is 5.54 Å². The molecule has 0 N–H and O–H groups in total. The van der Waals surface area contributed by atoms with Gasteiger partial charge in [-0.25, -0.2) is 0 Å². The molecular formula is C13H19NO. The van der Waals surface area contributed by atoms with Crippen molar-refractivity contribution in [2.75, 3.05) is 7.11 Å². The molecule has 0 aromatic heterocycles. The van der Waals surface area contributed by atoms with Gasteiger partial charge >= 0.3 is 0 Å². The summed E-state index contributed by atoms with van der Waals surface area (Å²) in [6.07, 6.45) is 1.93. The van der Waals surface area contributed by atoms with Crippen molar-refractivity contribution in [1.29, 1.82) is 0 Å². The molecule has 0 spiro atoms. The van der Waals surface area contributed by atoms with Crippen LogP contribution < -0.4 is 4.74 Å². The third kappa shape index (κ3) is 3.74. The van der Waals surface area contributed by atoms with E-state index in [9.17, 15) is 0 Å².